The summed E-state index contributed by atoms with van der Waals surface area (Å²) in [6.07, 6.45) is 1.50. The average Bonchev–Trinajstić information content (AvgIpc) is 2.57. The van der Waals surface area contributed by atoms with Crippen molar-refractivity contribution in [2.45, 2.75) is 64.3 Å². The Bertz CT molecular complexity index is 553. The minimum absolute atomic E-state index is 0.0239. The van der Waals surface area contributed by atoms with E-state index in [2.05, 4.69) is 9.71 Å². The highest BCUT2D eigenvalue weighted by molar-refractivity contribution is 7.89. The summed E-state index contributed by atoms with van der Waals surface area (Å²) >= 11 is 0. The molecule has 19 heavy (non-hydrogen) atoms. The molecule has 0 aliphatic heterocycles. The number of aliphatic hydroxyl groups is 1. The summed E-state index contributed by atoms with van der Waals surface area (Å²) in [7, 11) is -3.75. The van der Waals surface area contributed by atoms with Crippen LogP contribution in [0.4, 0.5) is 0 Å². The number of rotatable bonds is 5. The van der Waals surface area contributed by atoms with E-state index in [0.29, 0.717) is 12.4 Å². The van der Waals surface area contributed by atoms with Crippen LogP contribution in [0.1, 0.15) is 40.4 Å². The Morgan fingerprint density at radius 1 is 1.37 bits per heavy atom. The van der Waals surface area contributed by atoms with Crippen LogP contribution in [-0.4, -0.2) is 34.2 Å². The quantitative estimate of drug-likeness (QED) is 0.848. The molecule has 0 unspecified atom stereocenters. The van der Waals surface area contributed by atoms with E-state index < -0.39 is 21.2 Å². The van der Waals surface area contributed by atoms with Gasteiger partial charge in [-0.2, -0.15) is 0 Å². The molecular weight excluding hydrogens is 266 g/mol. The molecule has 0 bridgehead atoms. The van der Waals surface area contributed by atoms with Crippen LogP contribution in [0.15, 0.2) is 11.2 Å². The number of hydrogen-bond acceptors (Lipinski definition) is 4. The van der Waals surface area contributed by atoms with E-state index >= 15 is 0 Å². The molecule has 0 radical (unpaired) electrons. The molecule has 0 aliphatic carbocycles. The van der Waals surface area contributed by atoms with Gasteiger partial charge in [0.15, 0.2) is 5.03 Å². The molecule has 0 fully saturated rings. The highest BCUT2D eigenvalue weighted by Crippen LogP contribution is 2.23. The first kappa shape index (κ1) is 16.1. The van der Waals surface area contributed by atoms with E-state index in [1.807, 2.05) is 6.92 Å². The fourth-order valence-electron chi connectivity index (χ4n) is 1.44. The molecule has 0 spiro atoms. The number of hydrogen-bond donors (Lipinski definition) is 2. The fraction of sp³-hybridized carbons (Fsp3) is 0.750. The van der Waals surface area contributed by atoms with Gasteiger partial charge in [-0.3, -0.25) is 0 Å². The van der Waals surface area contributed by atoms with Crippen LogP contribution in [0.3, 0.4) is 0 Å². The van der Waals surface area contributed by atoms with Gasteiger partial charge in [-0.15, -0.1) is 0 Å². The van der Waals surface area contributed by atoms with Crippen LogP contribution in [0.5, 0.6) is 0 Å². The first-order valence-corrected chi connectivity index (χ1v) is 7.69. The van der Waals surface area contributed by atoms with E-state index in [-0.39, 0.29) is 5.03 Å². The standard InChI is InChI=1S/C12H23N3O3S/c1-7-15-8-10(13-9(15)2)19(17,18)14-11(3,4)12(5,6)16/h8,14,16H,7H2,1-6H3. The number of aromatic nitrogens is 2. The summed E-state index contributed by atoms with van der Waals surface area (Å²) < 4.78 is 28.8. The summed E-state index contributed by atoms with van der Waals surface area (Å²) in [6, 6.07) is 0. The molecule has 1 aromatic heterocycles. The smallest absolute Gasteiger partial charge is 0.260 e. The zero-order valence-electron chi connectivity index (χ0n) is 12.4. The van der Waals surface area contributed by atoms with Gasteiger partial charge in [0.25, 0.3) is 10.0 Å². The fourth-order valence-corrected chi connectivity index (χ4v) is 2.99. The molecular formula is C12H23N3O3S. The van der Waals surface area contributed by atoms with Crippen molar-refractivity contribution in [3.8, 4) is 0 Å². The maximum absolute atomic E-state index is 12.3. The molecule has 0 saturated heterocycles. The van der Waals surface area contributed by atoms with Crippen molar-refractivity contribution in [1.82, 2.24) is 14.3 Å². The monoisotopic (exact) mass is 289 g/mol. The van der Waals surface area contributed by atoms with E-state index in [4.69, 9.17) is 0 Å². The average molecular weight is 289 g/mol. The van der Waals surface area contributed by atoms with Crippen LogP contribution in [0.2, 0.25) is 0 Å². The molecule has 0 atom stereocenters. The third-order valence-corrected chi connectivity index (χ3v) is 5.02. The van der Waals surface area contributed by atoms with Crippen molar-refractivity contribution in [2.75, 3.05) is 0 Å². The largest absolute Gasteiger partial charge is 0.389 e. The van der Waals surface area contributed by atoms with Crippen molar-refractivity contribution in [3.05, 3.63) is 12.0 Å². The molecule has 1 aromatic rings. The highest BCUT2D eigenvalue weighted by atomic mass is 32.2. The van der Waals surface area contributed by atoms with Gasteiger partial charge in [0.2, 0.25) is 0 Å². The highest BCUT2D eigenvalue weighted by Gasteiger charge is 2.39. The van der Waals surface area contributed by atoms with Gasteiger partial charge in [0, 0.05) is 12.7 Å². The second kappa shape index (κ2) is 4.88. The lowest BCUT2D eigenvalue weighted by Gasteiger charge is -2.37. The summed E-state index contributed by atoms with van der Waals surface area (Å²) in [5.41, 5.74) is -2.20. The van der Waals surface area contributed by atoms with Crippen LogP contribution in [0.25, 0.3) is 0 Å². The number of imidazole rings is 1. The Morgan fingerprint density at radius 3 is 2.26 bits per heavy atom. The van der Waals surface area contributed by atoms with E-state index in [1.165, 1.54) is 6.20 Å². The first-order valence-electron chi connectivity index (χ1n) is 6.21. The van der Waals surface area contributed by atoms with E-state index in [1.54, 1.807) is 39.2 Å². The number of nitrogens with one attached hydrogen (secondary N) is 1. The van der Waals surface area contributed by atoms with Crippen molar-refractivity contribution >= 4 is 10.0 Å². The number of nitrogens with zero attached hydrogens (tertiary/aromatic N) is 2. The minimum Gasteiger partial charge on any atom is -0.389 e. The Hall–Kier alpha value is -0.920. The van der Waals surface area contributed by atoms with E-state index in [9.17, 15) is 13.5 Å². The molecule has 0 amide bonds. The Kier molecular flexibility index (Phi) is 4.15. The summed E-state index contributed by atoms with van der Waals surface area (Å²) in [4.78, 5) is 4.05. The van der Waals surface area contributed by atoms with Crippen molar-refractivity contribution in [1.29, 1.82) is 0 Å². The number of sulfonamides is 1. The normalized spacial score (nSPS) is 13.8. The molecule has 6 nitrogen and oxygen atoms in total. The molecule has 0 saturated carbocycles. The van der Waals surface area contributed by atoms with Crippen LogP contribution >= 0.6 is 0 Å². The molecule has 7 heteroatoms. The van der Waals surface area contributed by atoms with Gasteiger partial charge < -0.3 is 9.67 Å². The van der Waals surface area contributed by atoms with Gasteiger partial charge in [0.05, 0.1) is 11.1 Å². The van der Waals surface area contributed by atoms with Crippen molar-refractivity contribution in [2.24, 2.45) is 0 Å². The second-order valence-electron chi connectivity index (χ2n) is 5.70. The molecule has 1 heterocycles. The Labute approximate surface area is 114 Å². The summed E-state index contributed by atoms with van der Waals surface area (Å²) in [5.74, 6) is 0.643. The molecule has 110 valence electrons. The maximum Gasteiger partial charge on any atom is 0.260 e. The van der Waals surface area contributed by atoms with Gasteiger partial charge in [-0.1, -0.05) is 0 Å². The van der Waals surface area contributed by atoms with Crippen LogP contribution < -0.4 is 4.72 Å². The minimum atomic E-state index is -3.75. The van der Waals surface area contributed by atoms with Gasteiger partial charge in [0.1, 0.15) is 5.82 Å². The molecule has 1 rings (SSSR count). The first-order chi connectivity index (χ1) is 8.40. The van der Waals surface area contributed by atoms with Gasteiger partial charge in [-0.05, 0) is 41.5 Å². The van der Waals surface area contributed by atoms with Crippen molar-refractivity contribution < 1.29 is 13.5 Å². The van der Waals surface area contributed by atoms with Crippen LogP contribution in [-0.2, 0) is 16.6 Å². The zero-order chi connectivity index (χ0) is 15.1. The van der Waals surface area contributed by atoms with Gasteiger partial charge in [-0.25, -0.2) is 18.1 Å². The van der Waals surface area contributed by atoms with E-state index in [0.717, 1.165) is 0 Å². The lowest BCUT2D eigenvalue weighted by atomic mass is 9.87. The lowest BCUT2D eigenvalue weighted by Crippen LogP contribution is -2.57. The molecule has 0 aliphatic rings. The third kappa shape index (κ3) is 3.34. The molecule has 2 N–H and O–H groups in total. The van der Waals surface area contributed by atoms with Gasteiger partial charge >= 0.3 is 0 Å². The SMILES string of the molecule is CCn1cc(S(=O)(=O)NC(C)(C)C(C)(C)O)nc1C. The Balaban J connectivity index is 3.12. The summed E-state index contributed by atoms with van der Waals surface area (Å²) in [5, 5.41) is 9.99. The topological polar surface area (TPSA) is 84.2 Å². The van der Waals surface area contributed by atoms with Crippen LogP contribution in [0, 0.1) is 6.92 Å². The molecule has 0 aromatic carbocycles. The predicted octanol–water partition coefficient (Wildman–Crippen LogP) is 1.04. The predicted molar refractivity (Wildman–Crippen MR) is 73.3 cm³/mol. The summed E-state index contributed by atoms with van der Waals surface area (Å²) in [6.45, 7) is 10.7. The third-order valence-electron chi connectivity index (χ3n) is 3.49. The number of aryl methyl sites for hydroxylation is 2. The lowest BCUT2D eigenvalue weighted by molar-refractivity contribution is 0.00636. The van der Waals surface area contributed by atoms with Crippen molar-refractivity contribution in [3.63, 3.8) is 0 Å². The zero-order valence-corrected chi connectivity index (χ0v) is 13.2. The maximum atomic E-state index is 12.3. The Morgan fingerprint density at radius 2 is 1.89 bits per heavy atom. The second-order valence-corrected chi connectivity index (χ2v) is 7.33.